The monoisotopic (exact) mass is 478 g/mol. The third-order valence-corrected chi connectivity index (χ3v) is 2.70. The molecule has 6 nitrogen and oxygen atoms in total. The second kappa shape index (κ2) is 11.8. The van der Waals surface area contributed by atoms with Gasteiger partial charge in [-0.25, -0.2) is 0 Å². The van der Waals surface area contributed by atoms with Crippen LogP contribution in [-0.2, 0) is 4.57 Å². The van der Waals surface area contributed by atoms with Crippen molar-refractivity contribution in [1.29, 1.82) is 0 Å². The van der Waals surface area contributed by atoms with E-state index in [0.717, 1.165) is 11.1 Å². The van der Waals surface area contributed by atoms with Crippen LogP contribution < -0.4 is 14.7 Å². The second-order valence-corrected chi connectivity index (χ2v) is 5.92. The van der Waals surface area contributed by atoms with E-state index in [-0.39, 0.29) is 35.6 Å². The number of phosphoric acid groups is 1. The van der Waals surface area contributed by atoms with Gasteiger partial charge in [0.1, 0.15) is 11.5 Å². The van der Waals surface area contributed by atoms with Gasteiger partial charge in [0.25, 0.3) is 0 Å². The van der Waals surface area contributed by atoms with Gasteiger partial charge in [-0.15, -0.1) is 0 Å². The topological polar surface area (TPSA) is 127 Å². The van der Waals surface area contributed by atoms with Gasteiger partial charge in [-0.2, -0.15) is 7.82 Å². The van der Waals surface area contributed by atoms with Crippen LogP contribution in [0.2, 0.25) is 0 Å². The van der Waals surface area contributed by atoms with Gasteiger partial charge in [0.15, 0.2) is 0 Å². The number of hydrogen-bond acceptors (Lipinski definition) is 6. The van der Waals surface area contributed by atoms with E-state index < -0.39 is 7.82 Å². The maximum atomic E-state index is 9.04. The Kier molecular flexibility index (Phi) is 12.6. The molecular weight excluding hydrogens is 458 g/mol. The number of aryl methyl sites for hydroxylation is 4. The standard InChI is InChI=1S/2C8H10O.La.H3O4P/c2*1-6-3-4-8(9)7(2)5-6;;1-5(2,3)4/h2*3-5,9H,1-2H3;;(H3,1,2,3,4)/q;;+3;/p-3. The fraction of sp³-hybridized carbons (Fsp3) is 0.250. The molecule has 0 saturated heterocycles. The first-order chi connectivity index (χ1) is 10.4. The molecule has 0 fully saturated rings. The summed E-state index contributed by atoms with van der Waals surface area (Å²) in [5, 5.41) is 18.1. The number of phenols is 2. The van der Waals surface area contributed by atoms with E-state index in [4.69, 9.17) is 29.5 Å². The first-order valence-electron chi connectivity index (χ1n) is 6.65. The summed E-state index contributed by atoms with van der Waals surface area (Å²) >= 11 is 0. The fourth-order valence-electron chi connectivity index (χ4n) is 1.61. The van der Waals surface area contributed by atoms with E-state index in [1.54, 1.807) is 12.1 Å². The van der Waals surface area contributed by atoms with E-state index in [1.165, 1.54) is 11.1 Å². The summed E-state index contributed by atoms with van der Waals surface area (Å²) in [5.41, 5.74) is 4.25. The minimum Gasteiger partial charge on any atom is -0.822 e. The van der Waals surface area contributed by atoms with Gasteiger partial charge in [0.2, 0.25) is 0 Å². The molecule has 2 aromatic carbocycles. The van der Waals surface area contributed by atoms with Gasteiger partial charge in [-0.05, 0) is 51.0 Å². The molecule has 0 spiro atoms. The number of aromatic hydroxyl groups is 2. The molecule has 2 N–H and O–H groups in total. The molecule has 24 heavy (non-hydrogen) atoms. The van der Waals surface area contributed by atoms with Crippen LogP contribution in [0, 0.1) is 63.3 Å². The smallest absolute Gasteiger partial charge is 0.822 e. The molecule has 0 unspecified atom stereocenters. The van der Waals surface area contributed by atoms with Crippen molar-refractivity contribution in [2.45, 2.75) is 27.7 Å². The first kappa shape index (κ1) is 25.6. The van der Waals surface area contributed by atoms with Crippen molar-refractivity contribution < 1.29 is 65.1 Å². The van der Waals surface area contributed by atoms with Crippen LogP contribution in [0.4, 0.5) is 0 Å². The number of phenolic OH excluding ortho intramolecular Hbond substituents is 2. The van der Waals surface area contributed by atoms with Gasteiger partial charge >= 0.3 is 35.6 Å². The molecule has 0 aliphatic heterocycles. The van der Waals surface area contributed by atoms with Crippen LogP contribution in [0.3, 0.4) is 0 Å². The van der Waals surface area contributed by atoms with Crippen molar-refractivity contribution in [2.75, 3.05) is 0 Å². The van der Waals surface area contributed by atoms with Gasteiger partial charge in [-0.1, -0.05) is 35.4 Å². The molecule has 0 bridgehead atoms. The Labute approximate surface area is 170 Å². The average molecular weight is 478 g/mol. The quantitative estimate of drug-likeness (QED) is 0.548. The minimum absolute atomic E-state index is 0. The summed E-state index contributed by atoms with van der Waals surface area (Å²) in [6, 6.07) is 11.1. The number of benzene rings is 2. The molecule has 0 radical (unpaired) electrons. The van der Waals surface area contributed by atoms with Crippen molar-refractivity contribution >= 4 is 7.82 Å². The zero-order valence-electron chi connectivity index (χ0n) is 14.0. The molecule has 128 valence electrons. The molecule has 2 rings (SSSR count). The van der Waals surface area contributed by atoms with Crippen LogP contribution in [0.15, 0.2) is 36.4 Å². The Hall–Kier alpha value is -0.655. The number of hydrogen-bond donors (Lipinski definition) is 2. The molecule has 0 atom stereocenters. The number of rotatable bonds is 0. The summed E-state index contributed by atoms with van der Waals surface area (Å²) in [6.45, 7) is 7.80. The van der Waals surface area contributed by atoms with E-state index >= 15 is 0 Å². The third kappa shape index (κ3) is 13.8. The molecular formula is C16H20LaO6P. The normalized spacial score (nSPS) is 9.62. The third-order valence-electron chi connectivity index (χ3n) is 2.70. The molecule has 0 aromatic heterocycles. The fourth-order valence-corrected chi connectivity index (χ4v) is 1.61. The SMILES string of the molecule is Cc1ccc(O)c(C)c1.Cc1ccc(O)c(C)c1.O=P([O-])([O-])[O-].[La+3]. The maximum Gasteiger partial charge on any atom is 3.00 e. The van der Waals surface area contributed by atoms with Crippen molar-refractivity contribution in [3.05, 3.63) is 58.7 Å². The van der Waals surface area contributed by atoms with Gasteiger partial charge in [0.05, 0.1) is 0 Å². The van der Waals surface area contributed by atoms with Gasteiger partial charge < -0.3 is 29.5 Å². The molecule has 0 heterocycles. The zero-order valence-corrected chi connectivity index (χ0v) is 18.5. The summed E-state index contributed by atoms with van der Waals surface area (Å²) in [7, 11) is -5.39. The van der Waals surface area contributed by atoms with Gasteiger partial charge in [0, 0.05) is 0 Å². The van der Waals surface area contributed by atoms with Crippen molar-refractivity contribution in [3.8, 4) is 11.5 Å². The summed E-state index contributed by atoms with van der Waals surface area (Å²) < 4.78 is 8.55. The van der Waals surface area contributed by atoms with Crippen LogP contribution in [-0.4, -0.2) is 10.2 Å². The zero-order chi connectivity index (χ0) is 18.2. The van der Waals surface area contributed by atoms with E-state index in [9.17, 15) is 0 Å². The van der Waals surface area contributed by atoms with Crippen LogP contribution >= 0.6 is 7.82 Å². The molecule has 0 aliphatic rings. The molecule has 0 amide bonds. The van der Waals surface area contributed by atoms with Crippen LogP contribution in [0.25, 0.3) is 0 Å². The predicted octanol–water partition coefficient (Wildman–Crippen LogP) is 1.19. The Morgan fingerprint density at radius 2 is 1.00 bits per heavy atom. The van der Waals surface area contributed by atoms with Gasteiger partial charge in [-0.3, -0.25) is 0 Å². The Balaban J connectivity index is 0. The largest absolute Gasteiger partial charge is 3.00 e. The van der Waals surface area contributed by atoms with Crippen LogP contribution in [0.5, 0.6) is 11.5 Å². The van der Waals surface area contributed by atoms with Crippen LogP contribution in [0.1, 0.15) is 22.3 Å². The summed E-state index contributed by atoms with van der Waals surface area (Å²) in [4.78, 5) is 25.6. The summed E-state index contributed by atoms with van der Waals surface area (Å²) in [6.07, 6.45) is 0. The van der Waals surface area contributed by atoms with E-state index in [0.29, 0.717) is 11.5 Å². The van der Waals surface area contributed by atoms with Crippen molar-refractivity contribution in [3.63, 3.8) is 0 Å². The van der Waals surface area contributed by atoms with Crippen molar-refractivity contribution in [2.24, 2.45) is 0 Å². The van der Waals surface area contributed by atoms with E-state index in [1.807, 2.05) is 52.0 Å². The molecule has 0 aliphatic carbocycles. The average Bonchev–Trinajstić information content (AvgIpc) is 2.38. The van der Waals surface area contributed by atoms with Crippen molar-refractivity contribution in [1.82, 2.24) is 0 Å². The summed E-state index contributed by atoms with van der Waals surface area (Å²) in [5.74, 6) is 0.751. The first-order valence-corrected chi connectivity index (χ1v) is 8.11. The predicted molar refractivity (Wildman–Crippen MR) is 82.8 cm³/mol. The Morgan fingerprint density at radius 3 is 1.17 bits per heavy atom. The molecule has 0 saturated carbocycles. The Morgan fingerprint density at radius 1 is 0.750 bits per heavy atom. The molecule has 2 aromatic rings. The Bertz CT molecular complexity index is 626. The van der Waals surface area contributed by atoms with E-state index in [2.05, 4.69) is 0 Å². The molecule has 8 heteroatoms. The maximum absolute atomic E-state index is 9.04. The minimum atomic E-state index is -5.39. The second-order valence-electron chi connectivity index (χ2n) is 5.03.